The van der Waals surface area contributed by atoms with Crippen LogP contribution in [0.4, 0.5) is 0 Å². The van der Waals surface area contributed by atoms with Crippen LogP contribution in [0.5, 0.6) is 5.75 Å². The van der Waals surface area contributed by atoms with Crippen LogP contribution in [0, 0.1) is 0 Å². The van der Waals surface area contributed by atoms with E-state index in [1.807, 2.05) is 37.4 Å². The third-order valence-corrected chi connectivity index (χ3v) is 3.17. The Morgan fingerprint density at radius 3 is 2.74 bits per heavy atom. The average Bonchev–Trinajstić information content (AvgIpc) is 2.88. The van der Waals surface area contributed by atoms with Crippen LogP contribution in [0.25, 0.3) is 0 Å². The Morgan fingerprint density at radius 2 is 1.95 bits per heavy atom. The Kier molecular flexibility index (Phi) is 6.14. The zero-order valence-electron chi connectivity index (χ0n) is 11.5. The number of para-hydroxylation sites is 1. The molecule has 1 fully saturated rings. The summed E-state index contributed by atoms with van der Waals surface area (Å²) in [5.74, 6) is 0.886. The van der Waals surface area contributed by atoms with Gasteiger partial charge < -0.3 is 19.5 Å². The molecule has 4 nitrogen and oxygen atoms in total. The maximum Gasteiger partial charge on any atom is 0.119 e. The summed E-state index contributed by atoms with van der Waals surface area (Å²) in [6, 6.07) is 9.79. The molecule has 2 rings (SSSR count). The SMILES string of the molecule is CNCC1CCC(COCCOc2ccccc2)O1. The molecule has 1 N–H and O–H groups in total. The highest BCUT2D eigenvalue weighted by Gasteiger charge is 2.24. The highest BCUT2D eigenvalue weighted by Crippen LogP contribution is 2.19. The van der Waals surface area contributed by atoms with Crippen molar-refractivity contribution in [3.8, 4) is 5.75 Å². The molecular formula is C15H23NO3. The lowest BCUT2D eigenvalue weighted by Crippen LogP contribution is -2.25. The largest absolute Gasteiger partial charge is 0.491 e. The molecule has 0 aliphatic carbocycles. The predicted octanol–water partition coefficient (Wildman–Crippen LogP) is 1.85. The maximum atomic E-state index is 5.84. The molecule has 1 heterocycles. The highest BCUT2D eigenvalue weighted by atomic mass is 16.6. The molecule has 1 aliphatic heterocycles. The van der Waals surface area contributed by atoms with Crippen molar-refractivity contribution in [3.05, 3.63) is 30.3 Å². The van der Waals surface area contributed by atoms with Crippen molar-refractivity contribution in [1.82, 2.24) is 5.32 Å². The van der Waals surface area contributed by atoms with Crippen molar-refractivity contribution in [2.45, 2.75) is 25.0 Å². The quantitative estimate of drug-likeness (QED) is 0.728. The fraction of sp³-hybridized carbons (Fsp3) is 0.600. The number of hydrogen-bond acceptors (Lipinski definition) is 4. The molecule has 0 saturated carbocycles. The van der Waals surface area contributed by atoms with Gasteiger partial charge >= 0.3 is 0 Å². The number of nitrogens with one attached hydrogen (secondary N) is 1. The van der Waals surface area contributed by atoms with E-state index in [9.17, 15) is 0 Å². The lowest BCUT2D eigenvalue weighted by Gasteiger charge is -2.14. The van der Waals surface area contributed by atoms with Crippen molar-refractivity contribution in [3.63, 3.8) is 0 Å². The van der Waals surface area contributed by atoms with Gasteiger partial charge in [0.25, 0.3) is 0 Å². The molecule has 0 aromatic heterocycles. The van der Waals surface area contributed by atoms with Crippen LogP contribution in [-0.4, -0.2) is 45.6 Å². The molecule has 1 saturated heterocycles. The third-order valence-electron chi connectivity index (χ3n) is 3.17. The second-order valence-corrected chi connectivity index (χ2v) is 4.75. The summed E-state index contributed by atoms with van der Waals surface area (Å²) in [6.07, 6.45) is 2.80. The summed E-state index contributed by atoms with van der Waals surface area (Å²) in [4.78, 5) is 0. The predicted molar refractivity (Wildman–Crippen MR) is 74.6 cm³/mol. The molecule has 2 atom stereocenters. The molecule has 1 aromatic rings. The van der Waals surface area contributed by atoms with Crippen LogP contribution >= 0.6 is 0 Å². The van der Waals surface area contributed by atoms with E-state index in [1.165, 1.54) is 0 Å². The lowest BCUT2D eigenvalue weighted by atomic mass is 10.2. The first kappa shape index (κ1) is 14.3. The minimum atomic E-state index is 0.245. The highest BCUT2D eigenvalue weighted by molar-refractivity contribution is 5.20. The molecule has 4 heteroatoms. The fourth-order valence-electron chi connectivity index (χ4n) is 2.23. The van der Waals surface area contributed by atoms with Gasteiger partial charge in [-0.2, -0.15) is 0 Å². The van der Waals surface area contributed by atoms with Gasteiger partial charge in [0.1, 0.15) is 12.4 Å². The first-order chi connectivity index (χ1) is 9.38. The van der Waals surface area contributed by atoms with E-state index in [0.717, 1.165) is 25.1 Å². The Morgan fingerprint density at radius 1 is 1.16 bits per heavy atom. The Labute approximate surface area is 115 Å². The molecule has 19 heavy (non-hydrogen) atoms. The third kappa shape index (κ3) is 5.19. The number of likely N-dealkylation sites (N-methyl/N-ethyl adjacent to an activating group) is 1. The first-order valence-electron chi connectivity index (χ1n) is 6.94. The number of hydrogen-bond donors (Lipinski definition) is 1. The Bertz CT molecular complexity index is 345. The van der Waals surface area contributed by atoms with E-state index in [-0.39, 0.29) is 6.10 Å². The minimum Gasteiger partial charge on any atom is -0.491 e. The second-order valence-electron chi connectivity index (χ2n) is 4.75. The van der Waals surface area contributed by atoms with Crippen LogP contribution in [0.2, 0.25) is 0 Å². The summed E-state index contributed by atoms with van der Waals surface area (Å²) in [5, 5.41) is 3.14. The van der Waals surface area contributed by atoms with Gasteiger partial charge in [0.2, 0.25) is 0 Å². The van der Waals surface area contributed by atoms with Gasteiger partial charge in [-0.05, 0) is 32.0 Å². The van der Waals surface area contributed by atoms with Gasteiger partial charge in [0, 0.05) is 6.54 Å². The van der Waals surface area contributed by atoms with Crippen molar-refractivity contribution >= 4 is 0 Å². The zero-order valence-corrected chi connectivity index (χ0v) is 11.5. The molecular weight excluding hydrogens is 242 g/mol. The fourth-order valence-corrected chi connectivity index (χ4v) is 2.23. The van der Waals surface area contributed by atoms with E-state index in [1.54, 1.807) is 0 Å². The maximum absolute atomic E-state index is 5.84. The molecule has 2 unspecified atom stereocenters. The number of rotatable bonds is 8. The normalized spacial score (nSPS) is 22.6. The topological polar surface area (TPSA) is 39.7 Å². The summed E-state index contributed by atoms with van der Waals surface area (Å²) >= 11 is 0. The standard InChI is InChI=1S/C15H23NO3/c1-16-11-14-7-8-15(19-14)12-17-9-10-18-13-5-3-2-4-6-13/h2-6,14-16H,7-12H2,1H3. The van der Waals surface area contributed by atoms with Gasteiger partial charge in [-0.3, -0.25) is 0 Å². The molecule has 0 bridgehead atoms. The molecule has 106 valence electrons. The number of benzene rings is 1. The molecule has 0 amide bonds. The zero-order chi connectivity index (χ0) is 13.3. The Balaban J connectivity index is 1.51. The van der Waals surface area contributed by atoms with E-state index < -0.39 is 0 Å². The summed E-state index contributed by atoms with van der Waals surface area (Å²) in [5.41, 5.74) is 0. The molecule has 1 aliphatic rings. The average molecular weight is 265 g/mol. The summed E-state index contributed by atoms with van der Waals surface area (Å²) in [6.45, 7) is 2.77. The van der Waals surface area contributed by atoms with E-state index in [4.69, 9.17) is 14.2 Å². The van der Waals surface area contributed by atoms with Crippen LogP contribution in [0.1, 0.15) is 12.8 Å². The first-order valence-corrected chi connectivity index (χ1v) is 6.94. The van der Waals surface area contributed by atoms with E-state index in [2.05, 4.69) is 5.32 Å². The van der Waals surface area contributed by atoms with Crippen molar-refractivity contribution < 1.29 is 14.2 Å². The van der Waals surface area contributed by atoms with Crippen LogP contribution in [0.3, 0.4) is 0 Å². The van der Waals surface area contributed by atoms with Crippen LogP contribution < -0.4 is 10.1 Å². The van der Waals surface area contributed by atoms with Gasteiger partial charge in [-0.25, -0.2) is 0 Å². The monoisotopic (exact) mass is 265 g/mol. The van der Waals surface area contributed by atoms with E-state index in [0.29, 0.717) is 25.9 Å². The van der Waals surface area contributed by atoms with Gasteiger partial charge in [0.05, 0.1) is 25.4 Å². The molecule has 1 aromatic carbocycles. The van der Waals surface area contributed by atoms with Crippen molar-refractivity contribution in [2.24, 2.45) is 0 Å². The van der Waals surface area contributed by atoms with Crippen LogP contribution in [0.15, 0.2) is 30.3 Å². The van der Waals surface area contributed by atoms with Crippen molar-refractivity contribution in [2.75, 3.05) is 33.4 Å². The van der Waals surface area contributed by atoms with Crippen LogP contribution in [-0.2, 0) is 9.47 Å². The summed E-state index contributed by atoms with van der Waals surface area (Å²) in [7, 11) is 1.95. The summed E-state index contributed by atoms with van der Waals surface area (Å²) < 4.78 is 17.0. The molecule has 0 spiro atoms. The smallest absolute Gasteiger partial charge is 0.119 e. The number of ether oxygens (including phenoxy) is 3. The van der Waals surface area contributed by atoms with Gasteiger partial charge in [-0.15, -0.1) is 0 Å². The van der Waals surface area contributed by atoms with Crippen molar-refractivity contribution in [1.29, 1.82) is 0 Å². The molecule has 0 radical (unpaired) electrons. The van der Waals surface area contributed by atoms with Gasteiger partial charge in [0.15, 0.2) is 0 Å². The Hall–Kier alpha value is -1.10. The van der Waals surface area contributed by atoms with Gasteiger partial charge in [-0.1, -0.05) is 18.2 Å². The lowest BCUT2D eigenvalue weighted by molar-refractivity contribution is -0.0189. The second kappa shape index (κ2) is 8.15. The van der Waals surface area contributed by atoms with E-state index >= 15 is 0 Å². The minimum absolute atomic E-state index is 0.245.